The Bertz CT molecular complexity index is 1090. The molecule has 0 N–H and O–H groups in total. The number of rotatable bonds is 6. The Morgan fingerprint density at radius 2 is 1.85 bits per heavy atom. The second-order valence-corrected chi connectivity index (χ2v) is 7.79. The van der Waals surface area contributed by atoms with Crippen molar-refractivity contribution in [3.8, 4) is 0 Å². The standard InChI is InChI=1S/C22H26N4O7/c1-14-18(22(29)32-4)12-17(33-14)13-23(3)21(28)16-5-6-19(20(11-16)26(30)31)25-9-7-24(8-10-25)15(2)27/h5-6,11-12H,7-10,13H2,1-4H3. The van der Waals surface area contributed by atoms with Crippen LogP contribution in [0.1, 0.15) is 39.2 Å². The van der Waals surface area contributed by atoms with Crippen LogP contribution in [-0.2, 0) is 16.1 Å². The average molecular weight is 458 g/mol. The van der Waals surface area contributed by atoms with E-state index < -0.39 is 16.8 Å². The Labute approximate surface area is 190 Å². The van der Waals surface area contributed by atoms with Gasteiger partial charge in [-0.05, 0) is 25.1 Å². The largest absolute Gasteiger partial charge is 0.465 e. The molecule has 2 heterocycles. The molecule has 0 bridgehead atoms. The quantitative estimate of drug-likeness (QED) is 0.366. The van der Waals surface area contributed by atoms with Gasteiger partial charge in [0.05, 0.1) is 18.6 Å². The van der Waals surface area contributed by atoms with Crippen LogP contribution in [-0.4, -0.2) is 72.8 Å². The zero-order valence-electron chi connectivity index (χ0n) is 19.0. The Kier molecular flexibility index (Phi) is 7.00. The molecular weight excluding hydrogens is 432 g/mol. The highest BCUT2D eigenvalue weighted by Crippen LogP contribution is 2.30. The fourth-order valence-electron chi connectivity index (χ4n) is 3.79. The Morgan fingerprint density at radius 1 is 1.18 bits per heavy atom. The molecule has 1 aliphatic heterocycles. The average Bonchev–Trinajstić information content (AvgIpc) is 3.17. The molecule has 11 heteroatoms. The molecule has 2 amide bonds. The zero-order chi connectivity index (χ0) is 24.3. The number of methoxy groups -OCH3 is 1. The summed E-state index contributed by atoms with van der Waals surface area (Å²) in [6.07, 6.45) is 0. The van der Waals surface area contributed by atoms with Crippen LogP contribution in [0.25, 0.3) is 0 Å². The molecule has 176 valence electrons. The molecule has 0 unspecified atom stereocenters. The van der Waals surface area contributed by atoms with Crippen LogP contribution in [0.15, 0.2) is 28.7 Å². The number of carbonyl (C=O) groups is 3. The van der Waals surface area contributed by atoms with E-state index in [1.807, 2.05) is 4.90 Å². The molecule has 0 spiro atoms. The number of hydrogen-bond donors (Lipinski definition) is 0. The first kappa shape index (κ1) is 23.8. The van der Waals surface area contributed by atoms with E-state index >= 15 is 0 Å². The van der Waals surface area contributed by atoms with Gasteiger partial charge in [0, 0.05) is 51.8 Å². The highest BCUT2D eigenvalue weighted by Gasteiger charge is 2.27. The molecule has 11 nitrogen and oxygen atoms in total. The van der Waals surface area contributed by atoms with Crippen molar-refractivity contribution in [2.45, 2.75) is 20.4 Å². The van der Waals surface area contributed by atoms with Crippen LogP contribution in [0.2, 0.25) is 0 Å². The predicted molar refractivity (Wildman–Crippen MR) is 118 cm³/mol. The van der Waals surface area contributed by atoms with E-state index in [0.29, 0.717) is 43.4 Å². The van der Waals surface area contributed by atoms with Gasteiger partial charge in [0.25, 0.3) is 11.6 Å². The van der Waals surface area contributed by atoms with Crippen molar-refractivity contribution in [3.05, 3.63) is 57.0 Å². The lowest BCUT2D eigenvalue weighted by atomic mass is 10.1. The number of furan rings is 1. The number of carbonyl (C=O) groups excluding carboxylic acids is 3. The number of amides is 2. The molecule has 3 rings (SSSR count). The molecular formula is C22H26N4O7. The molecule has 0 aliphatic carbocycles. The number of nitro groups is 1. The van der Waals surface area contributed by atoms with Gasteiger partial charge < -0.3 is 23.9 Å². The number of nitro benzene ring substituents is 1. The molecule has 33 heavy (non-hydrogen) atoms. The van der Waals surface area contributed by atoms with E-state index in [2.05, 4.69) is 0 Å². The first-order valence-corrected chi connectivity index (χ1v) is 10.3. The first-order chi connectivity index (χ1) is 15.6. The van der Waals surface area contributed by atoms with Crippen LogP contribution in [0, 0.1) is 17.0 Å². The number of nitrogens with zero attached hydrogens (tertiary/aromatic N) is 4. The summed E-state index contributed by atoms with van der Waals surface area (Å²) < 4.78 is 10.2. The van der Waals surface area contributed by atoms with Crippen molar-refractivity contribution >= 4 is 29.2 Å². The number of esters is 1. The lowest BCUT2D eigenvalue weighted by Crippen LogP contribution is -2.48. The zero-order valence-corrected chi connectivity index (χ0v) is 19.0. The van der Waals surface area contributed by atoms with Gasteiger partial charge in [-0.3, -0.25) is 19.7 Å². The summed E-state index contributed by atoms with van der Waals surface area (Å²) in [6, 6.07) is 5.89. The second-order valence-electron chi connectivity index (χ2n) is 7.79. The van der Waals surface area contributed by atoms with Crippen molar-refractivity contribution in [2.24, 2.45) is 0 Å². The SMILES string of the molecule is COC(=O)c1cc(CN(C)C(=O)c2ccc(N3CCN(C(C)=O)CC3)c([N+](=O)[O-])c2)oc1C. The lowest BCUT2D eigenvalue weighted by molar-refractivity contribution is -0.384. The molecule has 1 fully saturated rings. The number of benzene rings is 1. The van der Waals surface area contributed by atoms with Crippen molar-refractivity contribution in [1.82, 2.24) is 9.80 Å². The minimum atomic E-state index is -0.535. The summed E-state index contributed by atoms with van der Waals surface area (Å²) in [7, 11) is 2.81. The molecule has 0 saturated carbocycles. The third-order valence-electron chi connectivity index (χ3n) is 5.60. The number of hydrogen-bond acceptors (Lipinski definition) is 8. The topological polar surface area (TPSA) is 126 Å². The third kappa shape index (κ3) is 5.13. The van der Waals surface area contributed by atoms with Crippen LogP contribution in [0.5, 0.6) is 0 Å². The van der Waals surface area contributed by atoms with Gasteiger partial charge in [-0.1, -0.05) is 0 Å². The van der Waals surface area contributed by atoms with Gasteiger partial charge >= 0.3 is 5.97 Å². The third-order valence-corrected chi connectivity index (χ3v) is 5.60. The summed E-state index contributed by atoms with van der Waals surface area (Å²) in [5, 5.41) is 11.7. The maximum absolute atomic E-state index is 12.9. The molecule has 0 radical (unpaired) electrons. The Hall–Kier alpha value is -3.89. The maximum atomic E-state index is 12.9. The minimum absolute atomic E-state index is 0.0291. The van der Waals surface area contributed by atoms with Gasteiger partial charge in [0.15, 0.2) is 0 Å². The molecule has 1 aliphatic rings. The maximum Gasteiger partial charge on any atom is 0.341 e. The normalized spacial score (nSPS) is 13.6. The number of piperazine rings is 1. The highest BCUT2D eigenvalue weighted by atomic mass is 16.6. The van der Waals surface area contributed by atoms with Gasteiger partial charge in [-0.2, -0.15) is 0 Å². The van der Waals surface area contributed by atoms with Gasteiger partial charge in [0.2, 0.25) is 5.91 Å². The van der Waals surface area contributed by atoms with Crippen LogP contribution in [0.3, 0.4) is 0 Å². The van der Waals surface area contributed by atoms with E-state index in [1.165, 1.54) is 31.1 Å². The van der Waals surface area contributed by atoms with Crippen molar-refractivity contribution in [3.63, 3.8) is 0 Å². The van der Waals surface area contributed by atoms with Gasteiger partial charge in [-0.25, -0.2) is 4.79 Å². The Morgan fingerprint density at radius 3 is 2.42 bits per heavy atom. The van der Waals surface area contributed by atoms with Crippen molar-refractivity contribution < 1.29 is 28.5 Å². The second kappa shape index (κ2) is 9.72. The predicted octanol–water partition coefficient (Wildman–Crippen LogP) is 2.22. The summed E-state index contributed by atoms with van der Waals surface area (Å²) in [6.45, 7) is 5.07. The van der Waals surface area contributed by atoms with Gasteiger partial charge in [0.1, 0.15) is 22.8 Å². The molecule has 1 saturated heterocycles. The van der Waals surface area contributed by atoms with Crippen LogP contribution in [0.4, 0.5) is 11.4 Å². The molecule has 1 aromatic heterocycles. The van der Waals surface area contributed by atoms with Crippen molar-refractivity contribution in [1.29, 1.82) is 0 Å². The summed E-state index contributed by atoms with van der Waals surface area (Å²) in [4.78, 5) is 52.3. The van der Waals surface area contributed by atoms with E-state index in [9.17, 15) is 24.5 Å². The number of aryl methyl sites for hydroxylation is 1. The fourth-order valence-corrected chi connectivity index (χ4v) is 3.79. The van der Waals surface area contributed by atoms with Crippen molar-refractivity contribution in [2.75, 3.05) is 45.2 Å². The van der Waals surface area contributed by atoms with E-state index in [-0.39, 0.29) is 29.3 Å². The molecule has 2 aromatic rings. The number of ether oxygens (including phenoxy) is 1. The number of anilines is 1. The van der Waals surface area contributed by atoms with E-state index in [4.69, 9.17) is 9.15 Å². The Balaban J connectivity index is 1.77. The lowest BCUT2D eigenvalue weighted by Gasteiger charge is -2.35. The minimum Gasteiger partial charge on any atom is -0.465 e. The fraction of sp³-hybridized carbons (Fsp3) is 0.409. The monoisotopic (exact) mass is 458 g/mol. The van der Waals surface area contributed by atoms with E-state index in [1.54, 1.807) is 31.0 Å². The van der Waals surface area contributed by atoms with Crippen LogP contribution < -0.4 is 4.90 Å². The molecule has 0 atom stereocenters. The molecule has 1 aromatic carbocycles. The summed E-state index contributed by atoms with van der Waals surface area (Å²) in [5.74, 6) is -0.231. The smallest absolute Gasteiger partial charge is 0.341 e. The van der Waals surface area contributed by atoms with Gasteiger partial charge in [-0.15, -0.1) is 0 Å². The van der Waals surface area contributed by atoms with Crippen LogP contribution >= 0.6 is 0 Å². The highest BCUT2D eigenvalue weighted by molar-refractivity contribution is 5.95. The summed E-state index contributed by atoms with van der Waals surface area (Å²) >= 11 is 0. The summed E-state index contributed by atoms with van der Waals surface area (Å²) in [5.41, 5.74) is 0.670. The van der Waals surface area contributed by atoms with E-state index in [0.717, 1.165) is 0 Å². The first-order valence-electron chi connectivity index (χ1n) is 10.3.